The summed E-state index contributed by atoms with van der Waals surface area (Å²) >= 11 is -2.41. The first kappa shape index (κ1) is 20.6. The van der Waals surface area contributed by atoms with Crippen LogP contribution >= 0.6 is 0 Å². The van der Waals surface area contributed by atoms with Crippen molar-refractivity contribution in [1.82, 2.24) is 9.80 Å². The van der Waals surface area contributed by atoms with Gasteiger partial charge in [-0.15, -0.1) is 0 Å². The molecule has 1 aromatic carbocycles. The van der Waals surface area contributed by atoms with E-state index in [2.05, 4.69) is 4.72 Å². The van der Waals surface area contributed by atoms with Gasteiger partial charge in [0.15, 0.2) is 0 Å². The molecule has 2 saturated heterocycles. The van der Waals surface area contributed by atoms with Crippen LogP contribution in [-0.4, -0.2) is 75.6 Å². The van der Waals surface area contributed by atoms with E-state index in [4.69, 9.17) is 9.47 Å². The van der Waals surface area contributed by atoms with Crippen LogP contribution in [0.2, 0.25) is 0 Å². The molecule has 0 spiro atoms. The Labute approximate surface area is 166 Å². The van der Waals surface area contributed by atoms with E-state index in [9.17, 15) is 18.4 Å². The first-order chi connectivity index (χ1) is 13.4. The van der Waals surface area contributed by atoms with Crippen molar-refractivity contribution in [3.8, 4) is 0 Å². The monoisotopic (exact) mass is 410 g/mol. The van der Waals surface area contributed by atoms with Gasteiger partial charge < -0.3 is 28.5 Å². The molecular formula is C18H24N3O6S-. The standard InChI is InChI=1S/C18H25N3O6S/c1-13-12-20(18(23)27-16-6-10-26-11-7-16)8-9-21(13)17(22)14-2-4-15(5-3-14)19-28(24)25/h2-5,13,16,19H,6-12H2,1H3,(H,24,25)/p-1. The molecule has 2 unspecified atom stereocenters. The van der Waals surface area contributed by atoms with Gasteiger partial charge in [-0.25, -0.2) is 4.79 Å². The van der Waals surface area contributed by atoms with Crippen LogP contribution in [0.1, 0.15) is 30.1 Å². The molecule has 0 aliphatic carbocycles. The lowest BCUT2D eigenvalue weighted by atomic mass is 10.1. The molecule has 2 fully saturated rings. The Morgan fingerprint density at radius 1 is 1.21 bits per heavy atom. The predicted molar refractivity (Wildman–Crippen MR) is 101 cm³/mol. The molecule has 2 aliphatic heterocycles. The number of nitrogens with one attached hydrogen (secondary N) is 1. The predicted octanol–water partition coefficient (Wildman–Crippen LogP) is 1.35. The number of hydrogen-bond donors (Lipinski definition) is 1. The number of hydrogen-bond acceptors (Lipinski definition) is 6. The van der Waals surface area contributed by atoms with Gasteiger partial charge in [0.25, 0.3) is 5.91 Å². The molecule has 0 aromatic heterocycles. The van der Waals surface area contributed by atoms with Gasteiger partial charge in [0.05, 0.1) is 13.2 Å². The lowest BCUT2D eigenvalue weighted by molar-refractivity contribution is -0.0173. The maximum absolute atomic E-state index is 12.8. The molecule has 2 atom stereocenters. The first-order valence-corrected chi connectivity index (χ1v) is 10.3. The summed E-state index contributed by atoms with van der Waals surface area (Å²) < 4.78 is 34.4. The van der Waals surface area contributed by atoms with Crippen LogP contribution < -0.4 is 4.72 Å². The van der Waals surface area contributed by atoms with Crippen molar-refractivity contribution in [2.24, 2.45) is 0 Å². The average Bonchev–Trinajstić information content (AvgIpc) is 2.68. The first-order valence-electron chi connectivity index (χ1n) is 9.24. The third-order valence-electron chi connectivity index (χ3n) is 4.92. The number of rotatable bonds is 4. The van der Waals surface area contributed by atoms with Crippen molar-refractivity contribution in [2.45, 2.75) is 31.9 Å². The van der Waals surface area contributed by atoms with Gasteiger partial charge in [0.2, 0.25) is 0 Å². The van der Waals surface area contributed by atoms with E-state index in [1.54, 1.807) is 21.9 Å². The second kappa shape index (κ2) is 9.35. The summed E-state index contributed by atoms with van der Waals surface area (Å²) in [6.45, 7) is 4.33. The Kier molecular flexibility index (Phi) is 6.87. The highest BCUT2D eigenvalue weighted by Gasteiger charge is 2.32. The Bertz CT molecular complexity index is 723. The Morgan fingerprint density at radius 3 is 2.50 bits per heavy atom. The van der Waals surface area contributed by atoms with Crippen molar-refractivity contribution in [3.63, 3.8) is 0 Å². The summed E-state index contributed by atoms with van der Waals surface area (Å²) in [7, 11) is 0. The number of anilines is 1. The highest BCUT2D eigenvalue weighted by Crippen LogP contribution is 2.18. The topological polar surface area (TPSA) is 111 Å². The third-order valence-corrected chi connectivity index (χ3v) is 5.32. The van der Waals surface area contributed by atoms with Gasteiger partial charge in [0, 0.05) is 61.0 Å². The van der Waals surface area contributed by atoms with Crippen LogP contribution in [0.5, 0.6) is 0 Å². The SMILES string of the molecule is CC1CN(C(=O)OC2CCOCC2)CCN1C(=O)c1ccc(NS(=O)[O-])cc1. The summed E-state index contributed by atoms with van der Waals surface area (Å²) in [4.78, 5) is 28.5. The molecule has 10 heteroatoms. The second-order valence-corrected chi connectivity index (χ2v) is 7.58. The maximum Gasteiger partial charge on any atom is 0.410 e. The maximum atomic E-state index is 12.8. The summed E-state index contributed by atoms with van der Waals surface area (Å²) in [5.74, 6) is -0.153. The van der Waals surface area contributed by atoms with Crippen LogP contribution in [0.4, 0.5) is 10.5 Å². The number of nitrogens with zero attached hydrogens (tertiary/aromatic N) is 2. The molecule has 28 heavy (non-hydrogen) atoms. The lowest BCUT2D eigenvalue weighted by Gasteiger charge is -2.40. The summed E-state index contributed by atoms with van der Waals surface area (Å²) in [5, 5.41) is 0. The fourth-order valence-corrected chi connectivity index (χ4v) is 3.71. The van der Waals surface area contributed by atoms with Gasteiger partial charge in [-0.1, -0.05) is 0 Å². The van der Waals surface area contributed by atoms with Crippen LogP contribution in [0.25, 0.3) is 0 Å². The normalized spacial score (nSPS) is 21.9. The lowest BCUT2D eigenvalue weighted by Crippen LogP contribution is -2.55. The van der Waals surface area contributed by atoms with Gasteiger partial charge in [-0.3, -0.25) is 9.00 Å². The Morgan fingerprint density at radius 2 is 1.89 bits per heavy atom. The van der Waals surface area contributed by atoms with Crippen LogP contribution in [0, 0.1) is 0 Å². The number of benzene rings is 1. The molecule has 154 valence electrons. The summed E-state index contributed by atoms with van der Waals surface area (Å²) in [6, 6.07) is 6.08. The molecule has 0 radical (unpaired) electrons. The minimum Gasteiger partial charge on any atom is -0.755 e. The molecule has 0 saturated carbocycles. The molecule has 2 amide bonds. The van der Waals surface area contributed by atoms with E-state index in [0.29, 0.717) is 56.9 Å². The summed E-state index contributed by atoms with van der Waals surface area (Å²) in [5.41, 5.74) is 0.853. The number of piperazine rings is 1. The minimum atomic E-state index is -2.41. The number of amides is 2. The van der Waals surface area contributed by atoms with E-state index >= 15 is 0 Å². The van der Waals surface area contributed by atoms with Crippen LogP contribution in [0.15, 0.2) is 24.3 Å². The van der Waals surface area contributed by atoms with Crippen molar-refractivity contribution in [3.05, 3.63) is 29.8 Å². The second-order valence-electron chi connectivity index (χ2n) is 6.90. The number of ether oxygens (including phenoxy) is 2. The number of carbonyl (C=O) groups is 2. The van der Waals surface area contributed by atoms with Crippen molar-refractivity contribution in [2.75, 3.05) is 37.6 Å². The molecule has 2 heterocycles. The highest BCUT2D eigenvalue weighted by molar-refractivity contribution is 7.80. The molecule has 2 aliphatic rings. The average molecular weight is 410 g/mol. The van der Waals surface area contributed by atoms with Crippen molar-refractivity contribution in [1.29, 1.82) is 0 Å². The molecule has 0 bridgehead atoms. The largest absolute Gasteiger partial charge is 0.755 e. The van der Waals surface area contributed by atoms with Crippen molar-refractivity contribution >= 4 is 29.0 Å². The zero-order valence-corrected chi connectivity index (χ0v) is 16.5. The summed E-state index contributed by atoms with van der Waals surface area (Å²) in [6.07, 6.45) is 0.980. The van der Waals surface area contributed by atoms with E-state index in [0.717, 1.165) is 0 Å². The van der Waals surface area contributed by atoms with Gasteiger partial charge in [-0.2, -0.15) is 0 Å². The zero-order valence-electron chi connectivity index (χ0n) is 15.7. The van der Waals surface area contributed by atoms with Gasteiger partial charge >= 0.3 is 6.09 Å². The zero-order chi connectivity index (χ0) is 20.1. The Balaban J connectivity index is 1.54. The van der Waals surface area contributed by atoms with Gasteiger partial charge in [0.1, 0.15) is 6.10 Å². The molecule has 1 aromatic rings. The van der Waals surface area contributed by atoms with Gasteiger partial charge in [-0.05, 0) is 31.2 Å². The molecule has 1 N–H and O–H groups in total. The highest BCUT2D eigenvalue weighted by atomic mass is 32.2. The molecular weight excluding hydrogens is 386 g/mol. The fraction of sp³-hybridized carbons (Fsp3) is 0.556. The smallest absolute Gasteiger partial charge is 0.410 e. The minimum absolute atomic E-state index is 0.105. The third kappa shape index (κ3) is 5.21. The fourth-order valence-electron chi connectivity index (χ4n) is 3.38. The Hall–Kier alpha value is -2.17. The van der Waals surface area contributed by atoms with Crippen LogP contribution in [0.3, 0.4) is 0 Å². The van der Waals surface area contributed by atoms with E-state index in [-0.39, 0.29) is 24.1 Å². The number of carbonyl (C=O) groups excluding carboxylic acids is 2. The van der Waals surface area contributed by atoms with E-state index in [1.807, 2.05) is 6.92 Å². The van der Waals surface area contributed by atoms with Crippen molar-refractivity contribution < 1.29 is 27.8 Å². The molecule has 3 rings (SSSR count). The van der Waals surface area contributed by atoms with E-state index in [1.165, 1.54) is 12.1 Å². The molecule has 9 nitrogen and oxygen atoms in total. The quantitative estimate of drug-likeness (QED) is 0.750. The van der Waals surface area contributed by atoms with Crippen LogP contribution in [-0.2, 0) is 20.7 Å². The van der Waals surface area contributed by atoms with E-state index < -0.39 is 11.3 Å².